The van der Waals surface area contributed by atoms with Crippen molar-refractivity contribution in [2.24, 2.45) is 0 Å². The number of anilines is 5. The molecule has 3 saturated heterocycles. The summed E-state index contributed by atoms with van der Waals surface area (Å²) < 4.78 is 0. The van der Waals surface area contributed by atoms with Gasteiger partial charge in [0.1, 0.15) is 17.3 Å². The van der Waals surface area contributed by atoms with E-state index in [-0.39, 0.29) is 11.8 Å². The van der Waals surface area contributed by atoms with E-state index in [1.807, 2.05) is 75.3 Å². The van der Waals surface area contributed by atoms with E-state index in [0.29, 0.717) is 29.3 Å². The van der Waals surface area contributed by atoms with Gasteiger partial charge in [-0.2, -0.15) is 10.2 Å². The van der Waals surface area contributed by atoms with Gasteiger partial charge in [-0.05, 0) is 105 Å². The number of nitrogens with zero attached hydrogens (tertiary/aromatic N) is 12. The molecular formula is C53H58N16O2. The Hall–Kier alpha value is -7.80. The van der Waals surface area contributed by atoms with Crippen molar-refractivity contribution in [2.75, 3.05) is 112 Å². The maximum Gasteiger partial charge on any atom is 0.276 e. The van der Waals surface area contributed by atoms with Crippen LogP contribution in [0.25, 0.3) is 44.1 Å². The van der Waals surface area contributed by atoms with Crippen molar-refractivity contribution in [3.05, 3.63) is 126 Å². The number of hydrogen-bond acceptors (Lipinski definition) is 14. The molecule has 3 fully saturated rings. The van der Waals surface area contributed by atoms with E-state index < -0.39 is 0 Å². The van der Waals surface area contributed by atoms with Gasteiger partial charge in [0.2, 0.25) is 0 Å². The Morgan fingerprint density at radius 1 is 0.620 bits per heavy atom. The molecule has 0 spiro atoms. The van der Waals surface area contributed by atoms with Crippen molar-refractivity contribution in [1.82, 2.24) is 55.0 Å². The zero-order valence-corrected chi connectivity index (χ0v) is 40.4. The Morgan fingerprint density at radius 3 is 2.00 bits per heavy atom. The number of amides is 2. The number of likely N-dealkylation sites (N-methyl/N-ethyl adjacent to an activating group) is 1. The highest BCUT2D eigenvalue weighted by molar-refractivity contribution is 6.13. The summed E-state index contributed by atoms with van der Waals surface area (Å²) in [5.74, 6) is 1.05. The molecule has 0 atom stereocenters. The number of aromatic amines is 2. The summed E-state index contributed by atoms with van der Waals surface area (Å²) in [6.07, 6.45) is 13.4. The fraction of sp³-hybridized carbons (Fsp3) is 0.321. The van der Waals surface area contributed by atoms with Gasteiger partial charge in [-0.15, -0.1) is 0 Å². The van der Waals surface area contributed by atoms with E-state index >= 15 is 0 Å². The SMILES string of the molecule is CN(C)Cc1cncc(-c2ccc3[nH]nc(C(=O)Nc4ccnc(N5CCN(Cc6cc(-c7cncc(N8CCCC8)c7)cc7c(C(=O)Nc8ccnc(N9CCN(C)CC9)c8)[nH]nc67)CC5)c4)c3c2)c1. The third kappa shape index (κ3) is 9.99. The topological polar surface area (TPSA) is 187 Å². The summed E-state index contributed by atoms with van der Waals surface area (Å²) >= 11 is 0. The molecule has 0 bridgehead atoms. The number of piperazine rings is 2. The van der Waals surface area contributed by atoms with Gasteiger partial charge in [-0.1, -0.05) is 6.07 Å². The van der Waals surface area contributed by atoms with Crippen LogP contribution in [0.4, 0.5) is 28.7 Å². The molecule has 2 aromatic carbocycles. The summed E-state index contributed by atoms with van der Waals surface area (Å²) in [7, 11) is 6.19. The van der Waals surface area contributed by atoms with Crippen LogP contribution in [0.5, 0.6) is 0 Å². The van der Waals surface area contributed by atoms with Crippen molar-refractivity contribution in [3.8, 4) is 22.3 Å². The Labute approximate surface area is 412 Å². The van der Waals surface area contributed by atoms with Crippen LogP contribution in [-0.2, 0) is 13.1 Å². The Bertz CT molecular complexity index is 3220. The van der Waals surface area contributed by atoms with Gasteiger partial charge in [-0.25, -0.2) is 9.97 Å². The summed E-state index contributed by atoms with van der Waals surface area (Å²) in [4.78, 5) is 60.2. The number of nitrogens with one attached hydrogen (secondary N) is 4. The largest absolute Gasteiger partial charge is 0.370 e. The van der Waals surface area contributed by atoms with E-state index in [2.05, 4.69) is 102 Å². The van der Waals surface area contributed by atoms with Crippen LogP contribution in [-0.4, -0.2) is 153 Å². The summed E-state index contributed by atoms with van der Waals surface area (Å²) in [5.41, 5.74) is 10.7. The molecular weight excluding hydrogens is 893 g/mol. The Kier molecular flexibility index (Phi) is 12.8. The quantitative estimate of drug-likeness (QED) is 0.0970. The van der Waals surface area contributed by atoms with Crippen LogP contribution in [0.3, 0.4) is 0 Å². The van der Waals surface area contributed by atoms with Gasteiger partial charge in [-0.3, -0.25) is 34.7 Å². The third-order valence-corrected chi connectivity index (χ3v) is 13.8. The zero-order chi connectivity index (χ0) is 48.4. The number of aromatic nitrogens is 8. The molecule has 0 aliphatic carbocycles. The van der Waals surface area contributed by atoms with Crippen molar-refractivity contribution in [1.29, 1.82) is 0 Å². The van der Waals surface area contributed by atoms with Crippen molar-refractivity contribution in [3.63, 3.8) is 0 Å². The van der Waals surface area contributed by atoms with Gasteiger partial charge in [0.25, 0.3) is 11.8 Å². The summed E-state index contributed by atoms with van der Waals surface area (Å²) in [6, 6.07) is 22.0. The fourth-order valence-corrected chi connectivity index (χ4v) is 9.98. The normalized spacial score (nSPS) is 15.9. The second-order valence-electron chi connectivity index (χ2n) is 19.2. The van der Waals surface area contributed by atoms with Crippen LogP contribution in [0.15, 0.2) is 104 Å². The molecule has 6 aromatic heterocycles. The predicted octanol–water partition coefficient (Wildman–Crippen LogP) is 6.59. The lowest BCUT2D eigenvalue weighted by atomic mass is 9.99. The molecule has 18 heteroatoms. The summed E-state index contributed by atoms with van der Waals surface area (Å²) in [6.45, 7) is 10.1. The van der Waals surface area contributed by atoms with Gasteiger partial charge in [0.05, 0.1) is 22.9 Å². The number of H-pyrrole nitrogens is 2. The van der Waals surface area contributed by atoms with Gasteiger partial charge < -0.3 is 35.1 Å². The number of hydrogen-bond donors (Lipinski definition) is 4. The number of benzene rings is 2. The maximum atomic E-state index is 14.2. The third-order valence-electron chi connectivity index (χ3n) is 13.8. The first-order valence-corrected chi connectivity index (χ1v) is 24.4. The molecule has 362 valence electrons. The lowest BCUT2D eigenvalue weighted by Gasteiger charge is -2.35. The monoisotopic (exact) mass is 950 g/mol. The molecule has 0 radical (unpaired) electrons. The second kappa shape index (κ2) is 19.9. The van der Waals surface area contributed by atoms with Gasteiger partial charge in [0, 0.05) is 155 Å². The molecule has 8 aromatic rings. The van der Waals surface area contributed by atoms with Crippen LogP contribution >= 0.6 is 0 Å². The lowest BCUT2D eigenvalue weighted by Crippen LogP contribution is -2.46. The van der Waals surface area contributed by atoms with Crippen molar-refractivity contribution in [2.45, 2.75) is 25.9 Å². The maximum absolute atomic E-state index is 14.2. The van der Waals surface area contributed by atoms with E-state index in [1.54, 1.807) is 18.5 Å². The average molecular weight is 951 g/mol. The highest BCUT2D eigenvalue weighted by Gasteiger charge is 2.25. The number of fused-ring (bicyclic) bond motifs is 2. The van der Waals surface area contributed by atoms with Crippen LogP contribution < -0.4 is 25.3 Å². The number of pyridine rings is 4. The number of carbonyl (C=O) groups excluding carboxylic acids is 2. The minimum Gasteiger partial charge on any atom is -0.370 e. The lowest BCUT2D eigenvalue weighted by molar-refractivity contribution is 0.101. The van der Waals surface area contributed by atoms with Crippen LogP contribution in [0.2, 0.25) is 0 Å². The molecule has 0 unspecified atom stereocenters. The first-order valence-electron chi connectivity index (χ1n) is 24.4. The Balaban J connectivity index is 0.796. The van der Waals surface area contributed by atoms with Crippen LogP contribution in [0, 0.1) is 0 Å². The van der Waals surface area contributed by atoms with E-state index in [9.17, 15) is 9.59 Å². The summed E-state index contributed by atoms with van der Waals surface area (Å²) in [5, 5.41) is 23.0. The number of carbonyl (C=O) groups is 2. The molecule has 2 amide bonds. The highest BCUT2D eigenvalue weighted by atomic mass is 16.2. The van der Waals surface area contributed by atoms with Crippen molar-refractivity contribution >= 4 is 62.3 Å². The zero-order valence-electron chi connectivity index (χ0n) is 40.4. The van der Waals surface area contributed by atoms with E-state index in [1.165, 1.54) is 12.8 Å². The molecule has 9 heterocycles. The fourth-order valence-electron chi connectivity index (χ4n) is 9.98. The van der Waals surface area contributed by atoms with E-state index in [0.717, 1.165) is 145 Å². The van der Waals surface area contributed by atoms with Crippen LogP contribution in [0.1, 0.15) is 44.9 Å². The first-order chi connectivity index (χ1) is 34.7. The predicted molar refractivity (Wildman–Crippen MR) is 279 cm³/mol. The first kappa shape index (κ1) is 45.6. The minimum atomic E-state index is -0.311. The minimum absolute atomic E-state index is 0.267. The van der Waals surface area contributed by atoms with Gasteiger partial charge >= 0.3 is 0 Å². The van der Waals surface area contributed by atoms with E-state index in [4.69, 9.17) is 10.1 Å². The molecule has 3 aliphatic heterocycles. The smallest absolute Gasteiger partial charge is 0.276 e. The second-order valence-corrected chi connectivity index (χ2v) is 19.2. The number of rotatable bonds is 13. The molecule has 18 nitrogen and oxygen atoms in total. The Morgan fingerprint density at radius 2 is 1.28 bits per heavy atom. The molecule has 3 aliphatic rings. The molecule has 71 heavy (non-hydrogen) atoms. The average Bonchev–Trinajstić information content (AvgIpc) is 4.18. The molecule has 0 saturated carbocycles. The van der Waals surface area contributed by atoms with Crippen molar-refractivity contribution < 1.29 is 9.59 Å². The molecule has 11 rings (SSSR count). The van der Waals surface area contributed by atoms with Gasteiger partial charge in [0.15, 0.2) is 5.69 Å². The highest BCUT2D eigenvalue weighted by Crippen LogP contribution is 2.33. The molecule has 4 N–H and O–H groups in total. The standard InChI is InChI=1S/C53H58N16O2/c1-64(2)33-35-22-38(30-54-29-35)36-6-7-46-44(25-36)50(62-60-46)52(70)58-41-8-11-57-48(28-41)69-20-16-66(17-21-69)34-40-23-37(39-24-43(32-55-31-39)67-12-4-5-13-67)26-45-49(40)61-63-51(45)53(71)59-42-9-10-56-47(27-42)68-18-14-65(3)15-19-68/h6-11,22-32H,4-5,12-21,33-34H2,1-3H3,(H,60,62)(H,61,63)(H,56,59,71)(H,57,58,70).